The van der Waals surface area contributed by atoms with Crippen LogP contribution in [0, 0.1) is 0 Å². The van der Waals surface area contributed by atoms with Crippen molar-refractivity contribution in [1.82, 2.24) is 5.32 Å². The number of nitrogens with one attached hydrogen (secondary N) is 1. The van der Waals surface area contributed by atoms with Crippen LogP contribution in [0.5, 0.6) is 0 Å². The van der Waals surface area contributed by atoms with Crippen molar-refractivity contribution in [2.45, 2.75) is 45.0 Å². The molecule has 3 nitrogen and oxygen atoms in total. The highest BCUT2D eigenvalue weighted by Crippen LogP contribution is 2.21. The second kappa shape index (κ2) is 8.78. The maximum atomic E-state index is 5.98. The van der Waals surface area contributed by atoms with E-state index in [9.17, 15) is 0 Å². The Balaban J connectivity index is 1.62. The van der Waals surface area contributed by atoms with Crippen molar-refractivity contribution in [2.75, 3.05) is 19.7 Å². The molecule has 2 atom stereocenters. The minimum absolute atomic E-state index is 0.255. The summed E-state index contributed by atoms with van der Waals surface area (Å²) in [5, 5.41) is 3.41. The molecular formula is C16H24BrNO2. The van der Waals surface area contributed by atoms with Gasteiger partial charge in [0.25, 0.3) is 0 Å². The Morgan fingerprint density at radius 3 is 2.90 bits per heavy atom. The van der Waals surface area contributed by atoms with Crippen LogP contribution in [0.25, 0.3) is 0 Å². The van der Waals surface area contributed by atoms with Gasteiger partial charge in [-0.2, -0.15) is 0 Å². The summed E-state index contributed by atoms with van der Waals surface area (Å²) < 4.78 is 12.9. The van der Waals surface area contributed by atoms with Crippen molar-refractivity contribution >= 4 is 15.9 Å². The first-order valence-corrected chi connectivity index (χ1v) is 8.26. The summed E-state index contributed by atoms with van der Waals surface area (Å²) in [6.07, 6.45) is 4.03. The molecule has 0 amide bonds. The van der Waals surface area contributed by atoms with Gasteiger partial charge in [0, 0.05) is 11.0 Å². The minimum atomic E-state index is 0.255. The molecule has 1 aromatic carbocycles. The van der Waals surface area contributed by atoms with Gasteiger partial charge in [-0.3, -0.25) is 0 Å². The van der Waals surface area contributed by atoms with Gasteiger partial charge in [0.05, 0.1) is 25.4 Å². The summed E-state index contributed by atoms with van der Waals surface area (Å²) >= 11 is 3.54. The molecule has 20 heavy (non-hydrogen) atoms. The van der Waals surface area contributed by atoms with E-state index in [4.69, 9.17) is 9.47 Å². The van der Waals surface area contributed by atoms with Crippen LogP contribution in [0.3, 0.4) is 0 Å². The van der Waals surface area contributed by atoms with Crippen LogP contribution in [-0.4, -0.2) is 31.9 Å². The topological polar surface area (TPSA) is 30.5 Å². The standard InChI is InChI=1S/C16H24BrNO2/c1-2-9-18-10-14-7-8-15(20-14)12-19-11-13-5-3-4-6-16(13)17/h3-6,14-15,18H,2,7-12H2,1H3. The van der Waals surface area contributed by atoms with E-state index in [1.54, 1.807) is 0 Å². The smallest absolute Gasteiger partial charge is 0.0814 e. The lowest BCUT2D eigenvalue weighted by Crippen LogP contribution is -2.28. The first-order valence-electron chi connectivity index (χ1n) is 7.47. The zero-order valence-corrected chi connectivity index (χ0v) is 13.7. The maximum absolute atomic E-state index is 5.98. The number of ether oxygens (including phenoxy) is 2. The predicted molar refractivity (Wildman–Crippen MR) is 84.9 cm³/mol. The molecule has 1 aliphatic rings. The SMILES string of the molecule is CCCNCC1CCC(COCc2ccccc2Br)O1. The average molecular weight is 342 g/mol. The molecule has 2 unspecified atom stereocenters. The summed E-state index contributed by atoms with van der Waals surface area (Å²) in [5.41, 5.74) is 1.19. The van der Waals surface area contributed by atoms with Gasteiger partial charge in [0.1, 0.15) is 0 Å². The average Bonchev–Trinajstić information content (AvgIpc) is 2.89. The highest BCUT2D eigenvalue weighted by Gasteiger charge is 2.24. The molecular weight excluding hydrogens is 318 g/mol. The Bertz CT molecular complexity index is 400. The predicted octanol–water partition coefficient (Wildman–Crippen LogP) is 3.51. The van der Waals surface area contributed by atoms with E-state index < -0.39 is 0 Å². The number of hydrogen-bond acceptors (Lipinski definition) is 3. The van der Waals surface area contributed by atoms with Crippen LogP contribution >= 0.6 is 15.9 Å². The Morgan fingerprint density at radius 2 is 2.10 bits per heavy atom. The van der Waals surface area contributed by atoms with Crippen molar-refractivity contribution in [3.8, 4) is 0 Å². The lowest BCUT2D eigenvalue weighted by molar-refractivity contribution is -0.0190. The van der Waals surface area contributed by atoms with E-state index in [1.165, 1.54) is 12.0 Å². The molecule has 112 valence electrons. The van der Waals surface area contributed by atoms with Gasteiger partial charge in [-0.25, -0.2) is 0 Å². The molecule has 1 heterocycles. The van der Waals surface area contributed by atoms with E-state index in [2.05, 4.69) is 34.2 Å². The van der Waals surface area contributed by atoms with Crippen LogP contribution in [-0.2, 0) is 16.1 Å². The number of rotatable bonds is 8. The fraction of sp³-hybridized carbons (Fsp3) is 0.625. The Morgan fingerprint density at radius 1 is 1.30 bits per heavy atom. The first-order chi connectivity index (χ1) is 9.79. The summed E-state index contributed by atoms with van der Waals surface area (Å²) in [7, 11) is 0. The van der Waals surface area contributed by atoms with Crippen molar-refractivity contribution < 1.29 is 9.47 Å². The Hall–Kier alpha value is -0.420. The van der Waals surface area contributed by atoms with E-state index in [1.807, 2.05) is 18.2 Å². The highest BCUT2D eigenvalue weighted by atomic mass is 79.9. The van der Waals surface area contributed by atoms with Crippen LogP contribution < -0.4 is 5.32 Å². The van der Waals surface area contributed by atoms with Gasteiger partial charge in [0.15, 0.2) is 0 Å². The molecule has 4 heteroatoms. The summed E-state index contributed by atoms with van der Waals surface area (Å²) in [6, 6.07) is 8.17. The third-order valence-corrected chi connectivity index (χ3v) is 4.29. The van der Waals surface area contributed by atoms with Gasteiger partial charge in [0.2, 0.25) is 0 Å². The molecule has 1 N–H and O–H groups in total. The Labute approximate surface area is 130 Å². The lowest BCUT2D eigenvalue weighted by Gasteiger charge is -2.15. The third kappa shape index (κ3) is 5.17. The lowest BCUT2D eigenvalue weighted by atomic mass is 10.2. The molecule has 1 aromatic rings. The quantitative estimate of drug-likeness (QED) is 0.734. The van der Waals surface area contributed by atoms with Crippen LogP contribution in [0.15, 0.2) is 28.7 Å². The van der Waals surface area contributed by atoms with Gasteiger partial charge >= 0.3 is 0 Å². The molecule has 0 saturated carbocycles. The first kappa shape index (κ1) is 16.0. The minimum Gasteiger partial charge on any atom is -0.374 e. The van der Waals surface area contributed by atoms with E-state index in [-0.39, 0.29) is 6.10 Å². The van der Waals surface area contributed by atoms with Crippen LogP contribution in [0.4, 0.5) is 0 Å². The van der Waals surface area contributed by atoms with Gasteiger partial charge in [-0.1, -0.05) is 41.1 Å². The molecule has 1 aliphatic heterocycles. The molecule has 0 bridgehead atoms. The zero-order chi connectivity index (χ0) is 14.2. The van der Waals surface area contributed by atoms with Crippen molar-refractivity contribution in [3.63, 3.8) is 0 Å². The monoisotopic (exact) mass is 341 g/mol. The number of benzene rings is 1. The fourth-order valence-corrected chi connectivity index (χ4v) is 2.81. The summed E-state index contributed by atoms with van der Waals surface area (Å²) in [6.45, 7) is 5.55. The van der Waals surface area contributed by atoms with Gasteiger partial charge in [-0.15, -0.1) is 0 Å². The zero-order valence-electron chi connectivity index (χ0n) is 12.1. The van der Waals surface area contributed by atoms with Crippen molar-refractivity contribution in [2.24, 2.45) is 0 Å². The molecule has 0 spiro atoms. The molecule has 0 aliphatic carbocycles. The largest absolute Gasteiger partial charge is 0.374 e. The Kier molecular flexibility index (Phi) is 7.00. The number of halogens is 1. The van der Waals surface area contributed by atoms with Crippen LogP contribution in [0.1, 0.15) is 31.7 Å². The molecule has 0 radical (unpaired) electrons. The van der Waals surface area contributed by atoms with E-state index in [0.717, 1.165) is 30.4 Å². The third-order valence-electron chi connectivity index (χ3n) is 3.51. The van der Waals surface area contributed by atoms with Crippen LogP contribution in [0.2, 0.25) is 0 Å². The molecule has 0 aromatic heterocycles. The second-order valence-electron chi connectivity index (χ2n) is 5.27. The number of hydrogen-bond donors (Lipinski definition) is 1. The summed E-state index contributed by atoms with van der Waals surface area (Å²) in [5.74, 6) is 0. The molecule has 1 saturated heterocycles. The highest BCUT2D eigenvalue weighted by molar-refractivity contribution is 9.10. The maximum Gasteiger partial charge on any atom is 0.0814 e. The van der Waals surface area contributed by atoms with Crippen molar-refractivity contribution in [3.05, 3.63) is 34.3 Å². The van der Waals surface area contributed by atoms with Gasteiger partial charge in [-0.05, 0) is 37.4 Å². The molecule has 2 rings (SSSR count). The van der Waals surface area contributed by atoms with E-state index in [0.29, 0.717) is 19.3 Å². The van der Waals surface area contributed by atoms with E-state index >= 15 is 0 Å². The van der Waals surface area contributed by atoms with Crippen molar-refractivity contribution in [1.29, 1.82) is 0 Å². The summed E-state index contributed by atoms with van der Waals surface area (Å²) in [4.78, 5) is 0. The molecule has 1 fully saturated rings. The van der Waals surface area contributed by atoms with Gasteiger partial charge < -0.3 is 14.8 Å². The fourth-order valence-electron chi connectivity index (χ4n) is 2.41. The second-order valence-corrected chi connectivity index (χ2v) is 6.12. The normalized spacial score (nSPS) is 22.3.